The lowest BCUT2D eigenvalue weighted by Gasteiger charge is -2.08. The van der Waals surface area contributed by atoms with E-state index in [0.717, 1.165) is 10.8 Å². The van der Waals surface area contributed by atoms with Crippen molar-refractivity contribution in [2.45, 2.75) is 0 Å². The van der Waals surface area contributed by atoms with Gasteiger partial charge in [-0.1, -0.05) is 35.9 Å². The number of aromatic nitrogens is 2. The summed E-state index contributed by atoms with van der Waals surface area (Å²) >= 11 is 5.76. The molecule has 0 unspecified atom stereocenters. The van der Waals surface area contributed by atoms with Crippen LogP contribution in [0, 0.1) is 0 Å². The molecule has 21 heavy (non-hydrogen) atoms. The fraction of sp³-hybridized carbons (Fsp3) is 0. The van der Waals surface area contributed by atoms with E-state index >= 15 is 0 Å². The van der Waals surface area contributed by atoms with Gasteiger partial charge >= 0.3 is 0 Å². The SMILES string of the molecule is Nc1ncc(C(=O)Nc2ccc(Cl)cn2)c2ccccc12. The first-order chi connectivity index (χ1) is 10.1. The van der Waals surface area contributed by atoms with Gasteiger partial charge in [-0.05, 0) is 17.5 Å². The minimum atomic E-state index is -0.298. The second-order valence-electron chi connectivity index (χ2n) is 4.42. The molecule has 2 aromatic heterocycles. The van der Waals surface area contributed by atoms with Crippen LogP contribution in [0.5, 0.6) is 0 Å². The van der Waals surface area contributed by atoms with Crippen LogP contribution in [-0.2, 0) is 0 Å². The van der Waals surface area contributed by atoms with Gasteiger partial charge in [0.15, 0.2) is 0 Å². The van der Waals surface area contributed by atoms with E-state index in [0.29, 0.717) is 22.2 Å². The number of carbonyl (C=O) groups excluding carboxylic acids is 1. The van der Waals surface area contributed by atoms with Crippen molar-refractivity contribution in [2.24, 2.45) is 0 Å². The lowest BCUT2D eigenvalue weighted by Crippen LogP contribution is -2.14. The Morgan fingerprint density at radius 1 is 1.05 bits per heavy atom. The first-order valence-electron chi connectivity index (χ1n) is 6.21. The third-order valence-corrected chi connectivity index (χ3v) is 3.26. The van der Waals surface area contributed by atoms with Crippen LogP contribution < -0.4 is 11.1 Å². The Morgan fingerprint density at radius 3 is 2.52 bits per heavy atom. The molecule has 0 spiro atoms. The summed E-state index contributed by atoms with van der Waals surface area (Å²) in [6.45, 7) is 0. The second kappa shape index (κ2) is 5.38. The summed E-state index contributed by atoms with van der Waals surface area (Å²) < 4.78 is 0. The molecule has 0 aliphatic heterocycles. The summed E-state index contributed by atoms with van der Waals surface area (Å²) in [5.74, 6) is 0.519. The van der Waals surface area contributed by atoms with Crippen LogP contribution in [0.3, 0.4) is 0 Å². The van der Waals surface area contributed by atoms with Crippen LogP contribution in [0.25, 0.3) is 10.8 Å². The standard InChI is InChI=1S/C15H11ClN4O/c16-9-5-6-13(18-7-9)20-15(21)12-8-19-14(17)11-4-2-1-3-10(11)12/h1-8H,(H2,17,19)(H,18,20,21). The number of nitrogen functional groups attached to an aromatic ring is 1. The number of pyridine rings is 2. The van der Waals surface area contributed by atoms with Crippen molar-refractivity contribution >= 4 is 39.9 Å². The number of rotatable bonds is 2. The quantitative estimate of drug-likeness (QED) is 0.761. The Bertz CT molecular complexity index is 818. The first kappa shape index (κ1) is 13.3. The van der Waals surface area contributed by atoms with Gasteiger partial charge in [0.05, 0.1) is 10.6 Å². The largest absolute Gasteiger partial charge is 0.383 e. The normalized spacial score (nSPS) is 10.5. The Morgan fingerprint density at radius 2 is 1.81 bits per heavy atom. The molecule has 3 aromatic rings. The van der Waals surface area contributed by atoms with E-state index in [2.05, 4.69) is 15.3 Å². The monoisotopic (exact) mass is 298 g/mol. The lowest BCUT2D eigenvalue weighted by atomic mass is 10.1. The highest BCUT2D eigenvalue weighted by Gasteiger charge is 2.13. The van der Waals surface area contributed by atoms with E-state index in [1.54, 1.807) is 12.1 Å². The molecule has 0 bridgehead atoms. The Hall–Kier alpha value is -2.66. The van der Waals surface area contributed by atoms with E-state index < -0.39 is 0 Å². The topological polar surface area (TPSA) is 80.9 Å². The van der Waals surface area contributed by atoms with Crippen molar-refractivity contribution in [3.8, 4) is 0 Å². The molecule has 3 rings (SSSR count). The summed E-state index contributed by atoms with van der Waals surface area (Å²) in [6.07, 6.45) is 2.93. The molecular weight excluding hydrogens is 288 g/mol. The zero-order valence-corrected chi connectivity index (χ0v) is 11.6. The summed E-state index contributed by atoms with van der Waals surface area (Å²) in [5.41, 5.74) is 6.27. The van der Waals surface area contributed by atoms with Crippen LogP contribution >= 0.6 is 11.6 Å². The first-order valence-corrected chi connectivity index (χ1v) is 6.59. The Labute approximate surface area is 125 Å². The van der Waals surface area contributed by atoms with E-state index in [-0.39, 0.29) is 5.91 Å². The average molecular weight is 299 g/mol. The maximum atomic E-state index is 12.4. The molecule has 104 valence electrons. The smallest absolute Gasteiger partial charge is 0.259 e. The fourth-order valence-corrected chi connectivity index (χ4v) is 2.14. The van der Waals surface area contributed by atoms with Gasteiger partial charge < -0.3 is 11.1 Å². The highest BCUT2D eigenvalue weighted by molar-refractivity contribution is 6.30. The molecule has 0 aliphatic carbocycles. The molecule has 3 N–H and O–H groups in total. The van der Waals surface area contributed by atoms with Crippen LogP contribution in [-0.4, -0.2) is 15.9 Å². The number of hydrogen-bond acceptors (Lipinski definition) is 4. The molecule has 0 fully saturated rings. The van der Waals surface area contributed by atoms with Gasteiger partial charge in [-0.2, -0.15) is 0 Å². The van der Waals surface area contributed by atoms with E-state index in [1.165, 1.54) is 12.4 Å². The number of halogens is 1. The molecule has 1 amide bonds. The fourth-order valence-electron chi connectivity index (χ4n) is 2.03. The molecule has 0 saturated heterocycles. The van der Waals surface area contributed by atoms with Crippen LogP contribution in [0.4, 0.5) is 11.6 Å². The summed E-state index contributed by atoms with van der Waals surface area (Å²) in [5, 5.41) is 4.71. The molecule has 5 nitrogen and oxygen atoms in total. The Balaban J connectivity index is 1.98. The van der Waals surface area contributed by atoms with Gasteiger partial charge in [0.1, 0.15) is 11.6 Å². The van der Waals surface area contributed by atoms with E-state index in [1.807, 2.05) is 24.3 Å². The van der Waals surface area contributed by atoms with Crippen molar-refractivity contribution in [1.29, 1.82) is 0 Å². The van der Waals surface area contributed by atoms with Crippen molar-refractivity contribution in [3.05, 3.63) is 59.4 Å². The van der Waals surface area contributed by atoms with Gasteiger partial charge in [-0.15, -0.1) is 0 Å². The van der Waals surface area contributed by atoms with Gasteiger partial charge in [-0.25, -0.2) is 9.97 Å². The van der Waals surface area contributed by atoms with E-state index in [4.69, 9.17) is 17.3 Å². The number of hydrogen-bond donors (Lipinski definition) is 2. The number of amides is 1. The number of nitrogens with one attached hydrogen (secondary N) is 1. The molecule has 6 heteroatoms. The molecular formula is C15H11ClN4O. The zero-order chi connectivity index (χ0) is 14.8. The number of benzene rings is 1. The predicted octanol–water partition coefficient (Wildman–Crippen LogP) is 3.12. The van der Waals surface area contributed by atoms with Crippen LogP contribution in [0.1, 0.15) is 10.4 Å². The van der Waals surface area contributed by atoms with Gasteiger partial charge in [-0.3, -0.25) is 4.79 Å². The number of nitrogens with two attached hydrogens (primary N) is 1. The molecule has 0 saturated carbocycles. The summed E-state index contributed by atoms with van der Waals surface area (Å²) in [4.78, 5) is 20.5. The summed E-state index contributed by atoms with van der Waals surface area (Å²) in [7, 11) is 0. The van der Waals surface area contributed by atoms with E-state index in [9.17, 15) is 4.79 Å². The number of carbonyl (C=O) groups is 1. The van der Waals surface area contributed by atoms with Crippen molar-refractivity contribution in [2.75, 3.05) is 11.1 Å². The third kappa shape index (κ3) is 2.64. The highest BCUT2D eigenvalue weighted by Crippen LogP contribution is 2.23. The Kier molecular flexibility index (Phi) is 3.41. The molecule has 0 aliphatic rings. The molecule has 1 aromatic carbocycles. The number of fused-ring (bicyclic) bond motifs is 1. The summed E-state index contributed by atoms with van der Waals surface area (Å²) in [6, 6.07) is 10.6. The number of anilines is 2. The predicted molar refractivity (Wildman–Crippen MR) is 83.4 cm³/mol. The second-order valence-corrected chi connectivity index (χ2v) is 4.85. The molecule has 0 radical (unpaired) electrons. The lowest BCUT2D eigenvalue weighted by molar-refractivity contribution is 0.102. The highest BCUT2D eigenvalue weighted by atomic mass is 35.5. The minimum Gasteiger partial charge on any atom is -0.383 e. The average Bonchev–Trinajstić information content (AvgIpc) is 2.50. The van der Waals surface area contributed by atoms with Gasteiger partial charge in [0.25, 0.3) is 5.91 Å². The minimum absolute atomic E-state index is 0.298. The molecule has 2 heterocycles. The van der Waals surface area contributed by atoms with Crippen molar-refractivity contribution in [3.63, 3.8) is 0 Å². The number of nitrogens with zero attached hydrogens (tertiary/aromatic N) is 2. The van der Waals surface area contributed by atoms with Gasteiger partial charge in [0, 0.05) is 17.8 Å². The van der Waals surface area contributed by atoms with Crippen molar-refractivity contribution < 1.29 is 4.79 Å². The van der Waals surface area contributed by atoms with Gasteiger partial charge in [0.2, 0.25) is 0 Å². The maximum Gasteiger partial charge on any atom is 0.259 e. The van der Waals surface area contributed by atoms with Crippen LogP contribution in [0.2, 0.25) is 5.02 Å². The van der Waals surface area contributed by atoms with Crippen LogP contribution in [0.15, 0.2) is 48.8 Å². The molecule has 0 atom stereocenters. The third-order valence-electron chi connectivity index (χ3n) is 3.04. The van der Waals surface area contributed by atoms with Crippen molar-refractivity contribution in [1.82, 2.24) is 9.97 Å². The maximum absolute atomic E-state index is 12.4. The zero-order valence-electron chi connectivity index (χ0n) is 10.9.